The summed E-state index contributed by atoms with van der Waals surface area (Å²) >= 11 is 0. The lowest BCUT2D eigenvalue weighted by molar-refractivity contribution is -0.114. The van der Waals surface area contributed by atoms with E-state index in [1.165, 1.54) is 0 Å². The summed E-state index contributed by atoms with van der Waals surface area (Å²) in [4.78, 5) is 10.9. The van der Waals surface area contributed by atoms with Crippen molar-refractivity contribution >= 4 is 11.9 Å². The normalized spacial score (nSPS) is 10.4. The second-order valence-corrected chi connectivity index (χ2v) is 2.56. The van der Waals surface area contributed by atoms with Gasteiger partial charge < -0.3 is 0 Å². The van der Waals surface area contributed by atoms with E-state index in [4.69, 9.17) is 0 Å². The Bertz CT molecular complexity index is 272. The van der Waals surface area contributed by atoms with Crippen LogP contribution in [0.5, 0.6) is 0 Å². The Morgan fingerprint density at radius 3 is 2.58 bits per heavy atom. The molecule has 62 valence electrons. The van der Waals surface area contributed by atoms with E-state index in [2.05, 4.69) is 0 Å². The van der Waals surface area contributed by atoms with Gasteiger partial charge in [0.05, 0.1) is 0 Å². The maximum Gasteiger partial charge on any atom is 0.155 e. The summed E-state index contributed by atoms with van der Waals surface area (Å²) in [6.07, 6.45) is 4.03. The van der Waals surface area contributed by atoms with Crippen molar-refractivity contribution in [2.24, 2.45) is 0 Å². The quantitative estimate of drug-likeness (QED) is 0.621. The van der Waals surface area contributed by atoms with E-state index in [0.717, 1.165) is 5.56 Å². The van der Waals surface area contributed by atoms with E-state index < -0.39 is 0 Å². The Hall–Kier alpha value is -1.37. The van der Waals surface area contributed by atoms with Crippen molar-refractivity contribution in [3.8, 4) is 0 Å². The van der Waals surface area contributed by atoms with Crippen LogP contribution in [0.15, 0.2) is 36.4 Å². The summed E-state index contributed by atoms with van der Waals surface area (Å²) in [7, 11) is 0. The van der Waals surface area contributed by atoms with E-state index in [-0.39, 0.29) is 5.78 Å². The molecule has 0 fully saturated rings. The Kier molecular flexibility index (Phi) is 3.27. The molecule has 0 radical (unpaired) electrons. The third-order valence-electron chi connectivity index (χ3n) is 1.61. The molecule has 1 rings (SSSR count). The highest BCUT2D eigenvalue weighted by molar-refractivity contribution is 5.93. The van der Waals surface area contributed by atoms with Gasteiger partial charge in [-0.25, -0.2) is 0 Å². The lowest BCUT2D eigenvalue weighted by atomic mass is 10.2. The average Bonchev–Trinajstić information content (AvgIpc) is 2.16. The molecule has 0 aromatic heterocycles. The molecule has 0 aliphatic heterocycles. The first-order valence-corrected chi connectivity index (χ1v) is 4.09. The first-order chi connectivity index (χ1) is 5.83. The first kappa shape index (κ1) is 8.72. The fourth-order valence-corrected chi connectivity index (χ4v) is 0.871. The predicted molar refractivity (Wildman–Crippen MR) is 50.8 cm³/mol. The zero-order valence-corrected chi connectivity index (χ0v) is 7.16. The van der Waals surface area contributed by atoms with Crippen LogP contribution in [0.2, 0.25) is 0 Å². The molecule has 1 aromatic rings. The van der Waals surface area contributed by atoms with E-state index in [0.29, 0.717) is 6.42 Å². The lowest BCUT2D eigenvalue weighted by Crippen LogP contribution is -1.86. The molecule has 12 heavy (non-hydrogen) atoms. The molecule has 0 spiro atoms. The third kappa shape index (κ3) is 2.70. The van der Waals surface area contributed by atoms with Crippen molar-refractivity contribution in [1.29, 1.82) is 0 Å². The van der Waals surface area contributed by atoms with Crippen molar-refractivity contribution in [2.45, 2.75) is 13.3 Å². The number of rotatable bonds is 3. The number of ketones is 1. The fourth-order valence-electron chi connectivity index (χ4n) is 0.871. The van der Waals surface area contributed by atoms with Crippen LogP contribution in [0, 0.1) is 0 Å². The summed E-state index contributed by atoms with van der Waals surface area (Å²) in [5.41, 5.74) is 1.07. The Balaban J connectivity index is 2.64. The minimum Gasteiger partial charge on any atom is -0.295 e. The maximum atomic E-state index is 10.9. The maximum absolute atomic E-state index is 10.9. The molecule has 0 aliphatic carbocycles. The Morgan fingerprint density at radius 2 is 2.00 bits per heavy atom. The van der Waals surface area contributed by atoms with Crippen molar-refractivity contribution < 1.29 is 4.79 Å². The predicted octanol–water partition coefficient (Wildman–Crippen LogP) is 2.68. The van der Waals surface area contributed by atoms with Gasteiger partial charge in [0.25, 0.3) is 0 Å². The van der Waals surface area contributed by atoms with E-state index >= 15 is 0 Å². The van der Waals surface area contributed by atoms with Gasteiger partial charge in [-0.15, -0.1) is 0 Å². The minimum atomic E-state index is 0.166. The van der Waals surface area contributed by atoms with Gasteiger partial charge in [-0.1, -0.05) is 43.3 Å². The molecule has 1 nitrogen and oxygen atoms in total. The van der Waals surface area contributed by atoms with Crippen molar-refractivity contribution in [3.63, 3.8) is 0 Å². The second kappa shape index (κ2) is 4.50. The molecule has 0 N–H and O–H groups in total. The number of carbonyl (C=O) groups excluding carboxylic acids is 1. The second-order valence-electron chi connectivity index (χ2n) is 2.56. The van der Waals surface area contributed by atoms with Gasteiger partial charge >= 0.3 is 0 Å². The molecule has 0 atom stereocenters. The van der Waals surface area contributed by atoms with Crippen LogP contribution in [0.1, 0.15) is 18.9 Å². The van der Waals surface area contributed by atoms with Gasteiger partial charge in [-0.05, 0) is 11.6 Å². The molecule has 0 unspecified atom stereocenters. The number of benzene rings is 1. The summed E-state index contributed by atoms with van der Waals surface area (Å²) in [5.74, 6) is 0.166. The van der Waals surface area contributed by atoms with Crippen LogP contribution >= 0.6 is 0 Å². The SMILES string of the molecule is CCC(=O)/C=C\c1ccccc1. The van der Waals surface area contributed by atoms with Crippen LogP contribution in [-0.2, 0) is 4.79 Å². The fraction of sp³-hybridized carbons (Fsp3) is 0.182. The number of allylic oxidation sites excluding steroid dienone is 1. The van der Waals surface area contributed by atoms with Gasteiger partial charge in [0.1, 0.15) is 0 Å². The molecule has 1 aromatic carbocycles. The molecule has 0 aliphatic rings. The molecule has 0 bridgehead atoms. The highest BCUT2D eigenvalue weighted by atomic mass is 16.1. The van der Waals surface area contributed by atoms with E-state index in [1.807, 2.05) is 43.3 Å². The van der Waals surface area contributed by atoms with E-state index in [1.54, 1.807) is 6.08 Å². The standard InChI is InChI=1S/C11H12O/c1-2-11(12)9-8-10-6-4-3-5-7-10/h3-9H,2H2,1H3/b9-8-. The lowest BCUT2D eigenvalue weighted by Gasteiger charge is -1.89. The van der Waals surface area contributed by atoms with Crippen molar-refractivity contribution in [2.75, 3.05) is 0 Å². The van der Waals surface area contributed by atoms with Crippen LogP contribution in [0.4, 0.5) is 0 Å². The van der Waals surface area contributed by atoms with Gasteiger partial charge in [0, 0.05) is 6.42 Å². The van der Waals surface area contributed by atoms with Crippen LogP contribution in [0.25, 0.3) is 6.08 Å². The summed E-state index contributed by atoms with van der Waals surface area (Å²) in [5, 5.41) is 0. The Labute approximate surface area is 72.7 Å². The molecule has 0 heterocycles. The monoisotopic (exact) mass is 160 g/mol. The smallest absolute Gasteiger partial charge is 0.155 e. The molecule has 0 amide bonds. The topological polar surface area (TPSA) is 17.1 Å². The van der Waals surface area contributed by atoms with Crippen molar-refractivity contribution in [1.82, 2.24) is 0 Å². The van der Waals surface area contributed by atoms with Crippen LogP contribution < -0.4 is 0 Å². The number of carbonyl (C=O) groups is 1. The summed E-state index contributed by atoms with van der Waals surface area (Å²) in [6, 6.07) is 9.81. The zero-order valence-electron chi connectivity index (χ0n) is 7.16. The number of hydrogen-bond acceptors (Lipinski definition) is 1. The van der Waals surface area contributed by atoms with E-state index in [9.17, 15) is 4.79 Å². The summed E-state index contributed by atoms with van der Waals surface area (Å²) in [6.45, 7) is 1.86. The Morgan fingerprint density at radius 1 is 1.33 bits per heavy atom. The molecular weight excluding hydrogens is 148 g/mol. The van der Waals surface area contributed by atoms with Crippen molar-refractivity contribution in [3.05, 3.63) is 42.0 Å². The first-order valence-electron chi connectivity index (χ1n) is 4.09. The average molecular weight is 160 g/mol. The van der Waals surface area contributed by atoms with Gasteiger partial charge in [0.2, 0.25) is 0 Å². The summed E-state index contributed by atoms with van der Waals surface area (Å²) < 4.78 is 0. The molecule has 0 saturated carbocycles. The third-order valence-corrected chi connectivity index (χ3v) is 1.61. The minimum absolute atomic E-state index is 0.166. The highest BCUT2D eigenvalue weighted by Gasteiger charge is 1.88. The van der Waals surface area contributed by atoms with Gasteiger partial charge in [-0.2, -0.15) is 0 Å². The molecular formula is C11H12O. The highest BCUT2D eigenvalue weighted by Crippen LogP contribution is 2.01. The van der Waals surface area contributed by atoms with Gasteiger partial charge in [-0.3, -0.25) is 4.79 Å². The largest absolute Gasteiger partial charge is 0.295 e. The molecule has 0 saturated heterocycles. The van der Waals surface area contributed by atoms with Crippen LogP contribution in [0.3, 0.4) is 0 Å². The zero-order chi connectivity index (χ0) is 8.81. The number of hydrogen-bond donors (Lipinski definition) is 0. The molecule has 1 heteroatoms. The van der Waals surface area contributed by atoms with Crippen LogP contribution in [-0.4, -0.2) is 5.78 Å². The van der Waals surface area contributed by atoms with Gasteiger partial charge in [0.15, 0.2) is 5.78 Å².